The van der Waals surface area contributed by atoms with Crippen LogP contribution in [-0.2, 0) is 5.75 Å². The van der Waals surface area contributed by atoms with Crippen molar-refractivity contribution in [3.05, 3.63) is 47.1 Å². The minimum atomic E-state index is 0.636. The quantitative estimate of drug-likeness (QED) is 0.540. The number of para-hydroxylation sites is 2. The summed E-state index contributed by atoms with van der Waals surface area (Å²) < 4.78 is 5.69. The molecule has 0 aliphatic rings. The number of hydrogen-bond donors (Lipinski definition) is 0. The average molecular weight is 285 g/mol. The molecule has 0 atom stereocenters. The zero-order valence-corrected chi connectivity index (χ0v) is 12.5. The summed E-state index contributed by atoms with van der Waals surface area (Å²) in [5.41, 5.74) is 4.91. The average Bonchev–Trinajstić information content (AvgIpc) is 2.85. The summed E-state index contributed by atoms with van der Waals surface area (Å²) in [7, 11) is 0. The molecule has 0 radical (unpaired) electrons. The third kappa shape index (κ3) is 2.54. The third-order valence-electron chi connectivity index (χ3n) is 3.28. The second-order valence-electron chi connectivity index (χ2n) is 4.67. The van der Waals surface area contributed by atoms with Gasteiger partial charge < -0.3 is 4.42 Å². The fraction of sp³-hybridized carbons (Fsp3) is 0.267. The molecule has 4 nitrogen and oxygen atoms in total. The van der Waals surface area contributed by atoms with Gasteiger partial charge in [0, 0.05) is 11.4 Å². The van der Waals surface area contributed by atoms with Crippen molar-refractivity contribution >= 4 is 22.9 Å². The normalized spacial score (nSPS) is 11.2. The second kappa shape index (κ2) is 5.25. The predicted molar refractivity (Wildman–Crippen MR) is 79.8 cm³/mol. The molecule has 3 aromatic rings. The number of thioether (sulfide) groups is 1. The van der Waals surface area contributed by atoms with Gasteiger partial charge in [0.15, 0.2) is 10.7 Å². The summed E-state index contributed by atoms with van der Waals surface area (Å²) >= 11 is 1.55. The molecule has 0 bridgehead atoms. The number of hydrogen-bond acceptors (Lipinski definition) is 5. The van der Waals surface area contributed by atoms with Crippen LogP contribution >= 0.6 is 11.8 Å². The van der Waals surface area contributed by atoms with Gasteiger partial charge in [-0.2, -0.15) is 0 Å². The zero-order valence-electron chi connectivity index (χ0n) is 11.7. The number of fused-ring (bicyclic) bond motifs is 1. The molecule has 3 rings (SSSR count). The fourth-order valence-corrected chi connectivity index (χ4v) is 2.69. The molecular formula is C15H15N3OS. The van der Waals surface area contributed by atoms with Gasteiger partial charge in [-0.1, -0.05) is 23.9 Å². The van der Waals surface area contributed by atoms with Crippen LogP contribution in [0.5, 0.6) is 0 Å². The Morgan fingerprint density at radius 2 is 1.70 bits per heavy atom. The number of rotatable bonds is 3. The molecule has 0 saturated carbocycles. The first-order valence-electron chi connectivity index (χ1n) is 6.42. The van der Waals surface area contributed by atoms with Gasteiger partial charge in [0.05, 0.1) is 5.75 Å². The number of oxazole rings is 1. The highest BCUT2D eigenvalue weighted by Crippen LogP contribution is 2.23. The lowest BCUT2D eigenvalue weighted by Gasteiger charge is -2.05. The van der Waals surface area contributed by atoms with Crippen LogP contribution in [0.15, 0.2) is 33.8 Å². The van der Waals surface area contributed by atoms with Gasteiger partial charge in [-0.3, -0.25) is 0 Å². The lowest BCUT2D eigenvalue weighted by Crippen LogP contribution is -1.98. The van der Waals surface area contributed by atoms with Crippen LogP contribution < -0.4 is 0 Å². The fourth-order valence-electron chi connectivity index (χ4n) is 1.91. The van der Waals surface area contributed by atoms with E-state index in [2.05, 4.69) is 15.0 Å². The van der Waals surface area contributed by atoms with E-state index in [1.54, 1.807) is 11.8 Å². The number of aromatic nitrogens is 3. The van der Waals surface area contributed by atoms with Crippen LogP contribution in [0.25, 0.3) is 11.1 Å². The first kappa shape index (κ1) is 13.1. The summed E-state index contributed by atoms with van der Waals surface area (Å²) in [5.74, 6) is 1.34. The van der Waals surface area contributed by atoms with Gasteiger partial charge in [-0.25, -0.2) is 15.0 Å². The van der Waals surface area contributed by atoms with E-state index in [9.17, 15) is 0 Å². The molecule has 102 valence electrons. The van der Waals surface area contributed by atoms with E-state index in [4.69, 9.17) is 4.42 Å². The van der Waals surface area contributed by atoms with Crippen LogP contribution in [0.2, 0.25) is 0 Å². The molecule has 0 spiro atoms. The molecular weight excluding hydrogens is 270 g/mol. The molecule has 0 aliphatic heterocycles. The molecule has 1 aromatic carbocycles. The largest absolute Gasteiger partial charge is 0.440 e. The van der Waals surface area contributed by atoms with E-state index in [0.29, 0.717) is 11.6 Å². The lowest BCUT2D eigenvalue weighted by atomic mass is 10.2. The van der Waals surface area contributed by atoms with E-state index in [1.807, 2.05) is 45.0 Å². The lowest BCUT2D eigenvalue weighted by molar-refractivity contribution is 0.556. The number of benzene rings is 1. The van der Waals surface area contributed by atoms with Crippen molar-refractivity contribution in [2.45, 2.75) is 31.7 Å². The minimum Gasteiger partial charge on any atom is -0.440 e. The molecule has 0 fully saturated rings. The van der Waals surface area contributed by atoms with Gasteiger partial charge in [-0.05, 0) is 38.5 Å². The number of nitrogens with zero attached hydrogens (tertiary/aromatic N) is 3. The molecule has 0 aliphatic carbocycles. The Hall–Kier alpha value is -1.88. The third-order valence-corrected chi connectivity index (χ3v) is 4.11. The first-order valence-corrected chi connectivity index (χ1v) is 7.41. The smallest absolute Gasteiger partial charge is 0.205 e. The molecule has 0 saturated heterocycles. The van der Waals surface area contributed by atoms with Gasteiger partial charge in [-0.15, -0.1) is 0 Å². The van der Waals surface area contributed by atoms with Gasteiger partial charge in [0.25, 0.3) is 0 Å². The molecule has 0 unspecified atom stereocenters. The zero-order chi connectivity index (χ0) is 14.1. The Kier molecular flexibility index (Phi) is 3.44. The van der Waals surface area contributed by atoms with Crippen molar-refractivity contribution < 1.29 is 4.42 Å². The molecule has 0 N–H and O–H groups in total. The Balaban J connectivity index is 1.79. The van der Waals surface area contributed by atoms with Gasteiger partial charge in [0.1, 0.15) is 5.52 Å². The highest BCUT2D eigenvalue weighted by molar-refractivity contribution is 7.98. The molecule has 20 heavy (non-hydrogen) atoms. The summed E-state index contributed by atoms with van der Waals surface area (Å²) in [6.07, 6.45) is 0. The van der Waals surface area contributed by atoms with Crippen molar-refractivity contribution in [1.29, 1.82) is 0 Å². The van der Waals surface area contributed by atoms with Crippen LogP contribution in [0, 0.1) is 20.8 Å². The summed E-state index contributed by atoms with van der Waals surface area (Å²) in [5, 5.41) is 0.771. The molecule has 5 heteroatoms. The van der Waals surface area contributed by atoms with Crippen LogP contribution in [-0.4, -0.2) is 15.0 Å². The molecule has 0 amide bonds. The first-order chi connectivity index (χ1) is 9.63. The van der Waals surface area contributed by atoms with Crippen LogP contribution in [0.3, 0.4) is 0 Å². The van der Waals surface area contributed by atoms with E-state index >= 15 is 0 Å². The van der Waals surface area contributed by atoms with Crippen molar-refractivity contribution in [1.82, 2.24) is 15.0 Å². The van der Waals surface area contributed by atoms with Crippen LogP contribution in [0.4, 0.5) is 0 Å². The highest BCUT2D eigenvalue weighted by atomic mass is 32.2. The van der Waals surface area contributed by atoms with Crippen LogP contribution in [0.1, 0.15) is 22.8 Å². The van der Waals surface area contributed by atoms with Gasteiger partial charge >= 0.3 is 0 Å². The van der Waals surface area contributed by atoms with Gasteiger partial charge in [0.2, 0.25) is 5.89 Å². The maximum atomic E-state index is 5.69. The monoisotopic (exact) mass is 285 g/mol. The standard InChI is InChI=1S/C15H15N3OS/c1-9-10(2)16-15(17-11(9)3)20-8-14-18-12-6-4-5-7-13(12)19-14/h4-7H,8H2,1-3H3. The Bertz CT molecular complexity index is 711. The summed E-state index contributed by atoms with van der Waals surface area (Å²) in [6, 6.07) is 7.77. The second-order valence-corrected chi connectivity index (χ2v) is 5.61. The highest BCUT2D eigenvalue weighted by Gasteiger charge is 2.09. The van der Waals surface area contributed by atoms with Crippen molar-refractivity contribution in [3.63, 3.8) is 0 Å². The number of aryl methyl sites for hydroxylation is 2. The maximum absolute atomic E-state index is 5.69. The summed E-state index contributed by atoms with van der Waals surface area (Å²) in [4.78, 5) is 13.4. The van der Waals surface area contributed by atoms with E-state index in [-0.39, 0.29) is 0 Å². The SMILES string of the molecule is Cc1nc(SCc2nc3ccccc3o2)nc(C)c1C. The Morgan fingerprint density at radius 3 is 2.40 bits per heavy atom. The Morgan fingerprint density at radius 1 is 1.00 bits per heavy atom. The maximum Gasteiger partial charge on any atom is 0.205 e. The molecule has 2 aromatic heterocycles. The predicted octanol–water partition coefficient (Wildman–Crippen LogP) is 3.84. The van der Waals surface area contributed by atoms with Crippen molar-refractivity contribution in [2.75, 3.05) is 0 Å². The van der Waals surface area contributed by atoms with E-state index in [1.165, 1.54) is 0 Å². The van der Waals surface area contributed by atoms with Crippen molar-refractivity contribution in [2.24, 2.45) is 0 Å². The van der Waals surface area contributed by atoms with Crippen molar-refractivity contribution in [3.8, 4) is 0 Å². The summed E-state index contributed by atoms with van der Waals surface area (Å²) in [6.45, 7) is 6.06. The molecule has 2 heterocycles. The van der Waals surface area contributed by atoms with E-state index < -0.39 is 0 Å². The topological polar surface area (TPSA) is 51.8 Å². The minimum absolute atomic E-state index is 0.636. The van der Waals surface area contributed by atoms with E-state index in [0.717, 1.165) is 33.2 Å². The Labute approximate surface area is 121 Å².